The van der Waals surface area contributed by atoms with Gasteiger partial charge in [-0.2, -0.15) is 5.26 Å². The lowest BCUT2D eigenvalue weighted by molar-refractivity contribution is 0.436. The molecule has 7 nitrogen and oxygen atoms in total. The van der Waals surface area contributed by atoms with E-state index in [0.29, 0.717) is 35.5 Å². The normalized spacial score (nSPS) is 15.6. The van der Waals surface area contributed by atoms with Crippen LogP contribution in [-0.2, 0) is 9.84 Å². The highest BCUT2D eigenvalue weighted by Crippen LogP contribution is 2.28. The Hall–Kier alpha value is -3.15. The average Bonchev–Trinajstić information content (AvgIpc) is 2.79. The number of halogens is 1. The number of aromatic nitrogens is 2. The molecule has 2 aromatic heterocycles. The van der Waals surface area contributed by atoms with E-state index in [4.69, 9.17) is 16.6 Å². The van der Waals surface area contributed by atoms with Gasteiger partial charge in [0, 0.05) is 24.3 Å². The Kier molecular flexibility index (Phi) is 6.28. The fourth-order valence-corrected chi connectivity index (χ4v) is 5.20. The number of benzene rings is 1. The van der Waals surface area contributed by atoms with E-state index < -0.39 is 20.3 Å². The molecule has 9 heteroatoms. The van der Waals surface area contributed by atoms with Crippen molar-refractivity contribution in [2.24, 2.45) is 5.92 Å². The number of fused-ring (bicyclic) bond motifs is 1. The number of nitriles is 1. The molecule has 1 aromatic carbocycles. The number of hydrogen-bond acceptors (Lipinski definition) is 6. The molecular weight excluding hydrogens is 460 g/mol. The van der Waals surface area contributed by atoms with Gasteiger partial charge in [0.25, 0.3) is 5.56 Å². The van der Waals surface area contributed by atoms with Crippen LogP contribution in [0.4, 0.5) is 5.82 Å². The fraction of sp³-hybridized carbons (Fsp3) is 0.292. The van der Waals surface area contributed by atoms with E-state index in [2.05, 4.69) is 6.92 Å². The first-order valence-electron chi connectivity index (χ1n) is 10.6. The van der Waals surface area contributed by atoms with Crippen molar-refractivity contribution in [3.63, 3.8) is 0 Å². The lowest BCUT2D eigenvalue weighted by Gasteiger charge is -2.32. The minimum Gasteiger partial charge on any atom is -0.356 e. The SMILES string of the molecule is Cc1cccn2c(=O)c(C=C(C#N)S(=O)(=O)c3ccc(Cl)cc3)c(N3CCC(C)CC3)nc12. The molecule has 0 atom stereocenters. The Balaban J connectivity index is 1.95. The average molecular weight is 483 g/mol. The molecule has 0 N–H and O–H groups in total. The van der Waals surface area contributed by atoms with Crippen LogP contribution in [0.2, 0.25) is 5.02 Å². The van der Waals surface area contributed by atoms with E-state index in [0.717, 1.165) is 24.5 Å². The topological polar surface area (TPSA) is 95.5 Å². The van der Waals surface area contributed by atoms with Crippen molar-refractivity contribution in [1.82, 2.24) is 9.38 Å². The van der Waals surface area contributed by atoms with Crippen LogP contribution in [0.1, 0.15) is 30.9 Å². The summed E-state index contributed by atoms with van der Waals surface area (Å²) in [7, 11) is -4.15. The van der Waals surface area contributed by atoms with E-state index in [-0.39, 0.29) is 10.5 Å². The maximum Gasteiger partial charge on any atom is 0.267 e. The quantitative estimate of drug-likeness (QED) is 0.516. The van der Waals surface area contributed by atoms with Gasteiger partial charge in [-0.3, -0.25) is 9.20 Å². The van der Waals surface area contributed by atoms with Crippen LogP contribution in [0, 0.1) is 24.2 Å². The number of sulfone groups is 1. The van der Waals surface area contributed by atoms with Crippen molar-refractivity contribution in [2.45, 2.75) is 31.6 Å². The van der Waals surface area contributed by atoms with Gasteiger partial charge >= 0.3 is 0 Å². The Morgan fingerprint density at radius 2 is 1.88 bits per heavy atom. The summed E-state index contributed by atoms with van der Waals surface area (Å²) in [5.74, 6) is 0.962. The van der Waals surface area contributed by atoms with Crippen molar-refractivity contribution in [2.75, 3.05) is 18.0 Å². The molecule has 1 fully saturated rings. The second-order valence-corrected chi connectivity index (χ2v) is 10.6. The second kappa shape index (κ2) is 9.00. The third-order valence-electron chi connectivity index (χ3n) is 5.95. The Morgan fingerprint density at radius 3 is 2.52 bits per heavy atom. The molecular formula is C24H23ClN4O3S. The van der Waals surface area contributed by atoms with Gasteiger partial charge in [0.15, 0.2) is 0 Å². The predicted molar refractivity (Wildman–Crippen MR) is 129 cm³/mol. The Morgan fingerprint density at radius 1 is 1.21 bits per heavy atom. The van der Waals surface area contributed by atoms with Crippen LogP contribution < -0.4 is 10.5 Å². The van der Waals surface area contributed by atoms with E-state index in [1.807, 2.05) is 17.9 Å². The molecule has 1 saturated heterocycles. The fourth-order valence-electron chi connectivity index (χ4n) is 3.93. The molecule has 3 heterocycles. The van der Waals surface area contributed by atoms with Gasteiger partial charge < -0.3 is 4.90 Å². The second-order valence-electron chi connectivity index (χ2n) is 8.29. The molecule has 1 aliphatic rings. The van der Waals surface area contributed by atoms with E-state index in [9.17, 15) is 18.5 Å². The van der Waals surface area contributed by atoms with Gasteiger partial charge in [0.1, 0.15) is 22.4 Å². The lowest BCUT2D eigenvalue weighted by Crippen LogP contribution is -2.36. The van der Waals surface area contributed by atoms with E-state index in [1.165, 1.54) is 28.7 Å². The van der Waals surface area contributed by atoms with Crippen molar-refractivity contribution >= 4 is 39.0 Å². The van der Waals surface area contributed by atoms with Gasteiger partial charge in [-0.25, -0.2) is 13.4 Å². The highest BCUT2D eigenvalue weighted by atomic mass is 35.5. The molecule has 0 spiro atoms. The number of piperidine rings is 1. The smallest absolute Gasteiger partial charge is 0.267 e. The van der Waals surface area contributed by atoms with Crippen molar-refractivity contribution in [3.05, 3.63) is 74.0 Å². The highest BCUT2D eigenvalue weighted by molar-refractivity contribution is 7.95. The predicted octanol–water partition coefficient (Wildman–Crippen LogP) is 4.23. The molecule has 33 heavy (non-hydrogen) atoms. The van der Waals surface area contributed by atoms with Crippen molar-refractivity contribution in [1.29, 1.82) is 5.26 Å². The van der Waals surface area contributed by atoms with Crippen LogP contribution in [0.15, 0.2) is 57.2 Å². The van der Waals surface area contributed by atoms with E-state index >= 15 is 0 Å². The van der Waals surface area contributed by atoms with Crippen molar-refractivity contribution in [3.8, 4) is 6.07 Å². The number of aryl methyl sites for hydroxylation is 1. The number of rotatable bonds is 4. The molecule has 0 aliphatic carbocycles. The maximum absolute atomic E-state index is 13.5. The summed E-state index contributed by atoms with van der Waals surface area (Å²) in [5, 5.41) is 10.1. The number of allylic oxidation sites excluding steroid dienone is 1. The van der Waals surface area contributed by atoms with Gasteiger partial charge in [0.05, 0.1) is 10.5 Å². The first-order valence-corrected chi connectivity index (χ1v) is 12.5. The van der Waals surface area contributed by atoms with Gasteiger partial charge in [-0.1, -0.05) is 24.6 Å². The minimum atomic E-state index is -4.15. The highest BCUT2D eigenvalue weighted by Gasteiger charge is 2.26. The summed E-state index contributed by atoms with van der Waals surface area (Å²) in [4.78, 5) is 19.7. The summed E-state index contributed by atoms with van der Waals surface area (Å²) < 4.78 is 27.7. The zero-order chi connectivity index (χ0) is 23.8. The molecule has 4 rings (SSSR count). The molecule has 0 saturated carbocycles. The molecule has 0 radical (unpaired) electrons. The molecule has 1 aliphatic heterocycles. The summed E-state index contributed by atoms with van der Waals surface area (Å²) in [6, 6.07) is 10.9. The Bertz CT molecular complexity index is 1450. The third kappa shape index (κ3) is 4.39. The first kappa shape index (κ1) is 23.0. The van der Waals surface area contributed by atoms with E-state index in [1.54, 1.807) is 18.3 Å². The Labute approximate surface area is 197 Å². The summed E-state index contributed by atoms with van der Waals surface area (Å²) in [6.45, 7) is 5.44. The first-order chi connectivity index (χ1) is 15.7. The van der Waals surface area contributed by atoms with Crippen LogP contribution in [0.3, 0.4) is 0 Å². The molecule has 3 aromatic rings. The zero-order valence-corrected chi connectivity index (χ0v) is 19.9. The maximum atomic E-state index is 13.5. The summed E-state index contributed by atoms with van der Waals surface area (Å²) in [5.41, 5.74) is 0.997. The van der Waals surface area contributed by atoms with Gasteiger partial charge in [-0.05, 0) is 67.7 Å². The molecule has 0 amide bonds. The lowest BCUT2D eigenvalue weighted by atomic mass is 9.99. The van der Waals surface area contributed by atoms with Crippen LogP contribution in [0.25, 0.3) is 11.7 Å². The number of nitrogens with zero attached hydrogens (tertiary/aromatic N) is 4. The molecule has 0 bridgehead atoms. The van der Waals surface area contributed by atoms with Gasteiger partial charge in [-0.15, -0.1) is 0 Å². The van der Waals surface area contributed by atoms with Crippen LogP contribution >= 0.6 is 11.6 Å². The molecule has 170 valence electrons. The van der Waals surface area contributed by atoms with Crippen molar-refractivity contribution < 1.29 is 8.42 Å². The summed E-state index contributed by atoms with van der Waals surface area (Å²) in [6.07, 6.45) is 4.62. The monoisotopic (exact) mass is 482 g/mol. The minimum absolute atomic E-state index is 0.0715. The zero-order valence-electron chi connectivity index (χ0n) is 18.3. The standard InChI is InChI=1S/C24H23ClN4O3S/c1-16-9-12-28(13-10-16)23-21(24(30)29-11-3-4-17(2)22(29)27-23)14-20(15-26)33(31,32)19-7-5-18(25)6-8-19/h3-8,11,14,16H,9-10,12-13H2,1-2H3. The largest absolute Gasteiger partial charge is 0.356 e. The van der Waals surface area contributed by atoms with Gasteiger partial charge in [0.2, 0.25) is 9.84 Å². The number of hydrogen-bond donors (Lipinski definition) is 0. The third-order valence-corrected chi connectivity index (χ3v) is 7.88. The molecule has 0 unspecified atom stereocenters. The summed E-state index contributed by atoms with van der Waals surface area (Å²) >= 11 is 5.88. The van der Waals surface area contributed by atoms with Crippen LogP contribution in [0.5, 0.6) is 0 Å². The number of pyridine rings is 1. The number of anilines is 1. The van der Waals surface area contributed by atoms with Crippen LogP contribution in [-0.4, -0.2) is 30.9 Å².